The van der Waals surface area contributed by atoms with E-state index in [1.54, 1.807) is 6.92 Å². The molecule has 0 saturated heterocycles. The molecule has 0 atom stereocenters. The zero-order valence-electron chi connectivity index (χ0n) is 5.36. The number of carbonyl (C=O) groups is 1. The molecule has 1 nitrogen and oxygen atoms in total. The molecule has 0 amide bonds. The molecule has 0 aliphatic rings. The van der Waals surface area contributed by atoms with Gasteiger partial charge in [0.15, 0.2) is 0 Å². The average molecular weight is 169 g/mol. The summed E-state index contributed by atoms with van der Waals surface area (Å²) in [5.74, 6) is 0. The van der Waals surface area contributed by atoms with E-state index < -0.39 is 4.33 Å². The van der Waals surface area contributed by atoms with Gasteiger partial charge in [0, 0.05) is 6.42 Å². The minimum Gasteiger partial charge on any atom is -0.303 e. The zero-order chi connectivity index (χ0) is 7.33. The number of aldehydes is 1. The predicted molar refractivity (Wildman–Crippen MR) is 40.0 cm³/mol. The number of unbranched alkanes of at least 4 members (excludes halogenated alkanes) is 1. The van der Waals surface area contributed by atoms with E-state index in [1.165, 1.54) is 0 Å². The molecule has 0 spiro atoms. The summed E-state index contributed by atoms with van der Waals surface area (Å²) in [5, 5.41) is 0. The number of hydrogen-bond donors (Lipinski definition) is 0. The van der Waals surface area contributed by atoms with Crippen LogP contribution in [0.25, 0.3) is 0 Å². The van der Waals surface area contributed by atoms with Gasteiger partial charge >= 0.3 is 0 Å². The predicted octanol–water partition coefficient (Wildman–Crippen LogP) is 2.55. The molecule has 0 heterocycles. The minimum atomic E-state index is -0.664. The van der Waals surface area contributed by atoms with E-state index in [9.17, 15) is 4.79 Å². The highest BCUT2D eigenvalue weighted by atomic mass is 35.5. The molecular formula is C6H10Cl2O. The van der Waals surface area contributed by atoms with Gasteiger partial charge in [-0.2, -0.15) is 0 Å². The van der Waals surface area contributed by atoms with E-state index in [4.69, 9.17) is 23.2 Å². The van der Waals surface area contributed by atoms with Crippen molar-refractivity contribution in [3.8, 4) is 0 Å². The maximum Gasteiger partial charge on any atom is 0.119 e. The molecule has 0 N–H and O–H groups in total. The van der Waals surface area contributed by atoms with Crippen LogP contribution < -0.4 is 0 Å². The first kappa shape index (κ1) is 9.25. The third-order valence-corrected chi connectivity index (χ3v) is 1.32. The van der Waals surface area contributed by atoms with Crippen LogP contribution in [0.3, 0.4) is 0 Å². The van der Waals surface area contributed by atoms with Crippen molar-refractivity contribution in [2.24, 2.45) is 0 Å². The molecule has 0 bridgehead atoms. The van der Waals surface area contributed by atoms with Gasteiger partial charge in [-0.15, -0.1) is 23.2 Å². The molecule has 9 heavy (non-hydrogen) atoms. The molecule has 0 saturated carbocycles. The molecule has 0 aromatic rings. The van der Waals surface area contributed by atoms with Gasteiger partial charge in [-0.05, 0) is 19.8 Å². The van der Waals surface area contributed by atoms with Crippen molar-refractivity contribution in [3.05, 3.63) is 0 Å². The standard InChI is InChI=1S/C6H10Cl2O/c1-6(7,8)4-2-3-5-9/h5H,2-4H2,1H3. The van der Waals surface area contributed by atoms with Crippen LogP contribution in [0.1, 0.15) is 26.2 Å². The molecule has 0 aliphatic carbocycles. The first-order valence-corrected chi connectivity index (χ1v) is 3.63. The van der Waals surface area contributed by atoms with Gasteiger partial charge in [-0.3, -0.25) is 0 Å². The summed E-state index contributed by atoms with van der Waals surface area (Å²) in [7, 11) is 0. The monoisotopic (exact) mass is 168 g/mol. The summed E-state index contributed by atoms with van der Waals surface area (Å²) in [5.41, 5.74) is 0. The van der Waals surface area contributed by atoms with Crippen molar-refractivity contribution in [3.63, 3.8) is 0 Å². The van der Waals surface area contributed by atoms with E-state index in [2.05, 4.69) is 0 Å². The average Bonchev–Trinajstić information content (AvgIpc) is 1.63. The van der Waals surface area contributed by atoms with Crippen molar-refractivity contribution in [1.82, 2.24) is 0 Å². The maximum absolute atomic E-state index is 9.80. The van der Waals surface area contributed by atoms with Crippen molar-refractivity contribution < 1.29 is 4.79 Å². The summed E-state index contributed by atoms with van der Waals surface area (Å²) in [4.78, 5) is 9.80. The third-order valence-electron chi connectivity index (χ3n) is 0.938. The second-order valence-electron chi connectivity index (χ2n) is 2.13. The lowest BCUT2D eigenvalue weighted by molar-refractivity contribution is -0.107. The van der Waals surface area contributed by atoms with Crippen LogP contribution in [0.15, 0.2) is 0 Å². The molecule has 0 aliphatic heterocycles. The summed E-state index contributed by atoms with van der Waals surface area (Å²) >= 11 is 11.2. The molecule has 0 aromatic heterocycles. The first-order chi connectivity index (χ1) is 4.06. The Balaban J connectivity index is 3.17. The lowest BCUT2D eigenvalue weighted by Crippen LogP contribution is -2.04. The molecular weight excluding hydrogens is 159 g/mol. The second-order valence-corrected chi connectivity index (χ2v) is 3.99. The van der Waals surface area contributed by atoms with Gasteiger partial charge in [0.05, 0.1) is 0 Å². The topological polar surface area (TPSA) is 17.1 Å². The smallest absolute Gasteiger partial charge is 0.119 e. The van der Waals surface area contributed by atoms with Gasteiger partial charge in [0.2, 0.25) is 0 Å². The van der Waals surface area contributed by atoms with Gasteiger partial charge < -0.3 is 4.79 Å². The van der Waals surface area contributed by atoms with Crippen LogP contribution in [0, 0.1) is 0 Å². The highest BCUT2D eigenvalue weighted by molar-refractivity contribution is 6.48. The number of alkyl halides is 2. The summed E-state index contributed by atoms with van der Waals surface area (Å²) in [6.45, 7) is 1.72. The van der Waals surface area contributed by atoms with Crippen LogP contribution in [-0.2, 0) is 4.79 Å². The Morgan fingerprint density at radius 2 is 2.11 bits per heavy atom. The number of hydrogen-bond acceptors (Lipinski definition) is 1. The number of rotatable bonds is 4. The van der Waals surface area contributed by atoms with Crippen LogP contribution in [0.5, 0.6) is 0 Å². The minimum absolute atomic E-state index is 0.551. The van der Waals surface area contributed by atoms with E-state index in [0.29, 0.717) is 12.8 Å². The van der Waals surface area contributed by atoms with Gasteiger partial charge in [-0.25, -0.2) is 0 Å². The maximum atomic E-state index is 9.80. The molecule has 54 valence electrons. The Kier molecular flexibility index (Phi) is 4.24. The fraction of sp³-hybridized carbons (Fsp3) is 0.833. The summed E-state index contributed by atoms with van der Waals surface area (Å²) in [6.07, 6.45) is 2.87. The number of carbonyl (C=O) groups excluding carboxylic acids is 1. The Bertz CT molecular complexity index is 85.5. The van der Waals surface area contributed by atoms with E-state index in [1.807, 2.05) is 0 Å². The highest BCUT2D eigenvalue weighted by Gasteiger charge is 2.14. The Labute approximate surface area is 65.3 Å². The molecule has 0 aromatic carbocycles. The lowest BCUT2D eigenvalue weighted by Gasteiger charge is -2.10. The van der Waals surface area contributed by atoms with Crippen molar-refractivity contribution >= 4 is 29.5 Å². The molecule has 0 rings (SSSR count). The van der Waals surface area contributed by atoms with Gasteiger partial charge in [0.1, 0.15) is 10.6 Å². The fourth-order valence-electron chi connectivity index (χ4n) is 0.496. The van der Waals surface area contributed by atoms with Crippen LogP contribution in [0.2, 0.25) is 0 Å². The SMILES string of the molecule is CC(Cl)(Cl)CCCC=O. The molecule has 0 radical (unpaired) electrons. The third kappa shape index (κ3) is 8.25. The van der Waals surface area contributed by atoms with Crippen LogP contribution >= 0.6 is 23.2 Å². The fourth-order valence-corrected chi connectivity index (χ4v) is 0.763. The quantitative estimate of drug-likeness (QED) is 0.359. The zero-order valence-corrected chi connectivity index (χ0v) is 6.87. The van der Waals surface area contributed by atoms with E-state index in [0.717, 1.165) is 12.7 Å². The van der Waals surface area contributed by atoms with E-state index in [-0.39, 0.29) is 0 Å². The second kappa shape index (κ2) is 4.13. The first-order valence-electron chi connectivity index (χ1n) is 2.88. The van der Waals surface area contributed by atoms with Crippen LogP contribution in [-0.4, -0.2) is 10.6 Å². The van der Waals surface area contributed by atoms with E-state index >= 15 is 0 Å². The van der Waals surface area contributed by atoms with Gasteiger partial charge in [-0.1, -0.05) is 0 Å². The van der Waals surface area contributed by atoms with Crippen molar-refractivity contribution in [2.75, 3.05) is 0 Å². The number of halogens is 2. The Hall–Kier alpha value is 0.250. The van der Waals surface area contributed by atoms with Crippen LogP contribution in [0.4, 0.5) is 0 Å². The molecule has 0 unspecified atom stereocenters. The van der Waals surface area contributed by atoms with Crippen molar-refractivity contribution in [2.45, 2.75) is 30.5 Å². The Morgan fingerprint density at radius 1 is 1.56 bits per heavy atom. The normalized spacial score (nSPS) is 11.4. The molecule has 0 fully saturated rings. The lowest BCUT2D eigenvalue weighted by atomic mass is 10.2. The Morgan fingerprint density at radius 3 is 2.44 bits per heavy atom. The largest absolute Gasteiger partial charge is 0.303 e. The summed E-state index contributed by atoms with van der Waals surface area (Å²) in [6, 6.07) is 0. The molecule has 3 heteroatoms. The summed E-state index contributed by atoms with van der Waals surface area (Å²) < 4.78 is -0.664. The van der Waals surface area contributed by atoms with Crippen molar-refractivity contribution in [1.29, 1.82) is 0 Å². The van der Waals surface area contributed by atoms with Gasteiger partial charge in [0.25, 0.3) is 0 Å². The highest BCUT2D eigenvalue weighted by Crippen LogP contribution is 2.25.